The SMILES string of the molecule is CCCCCCc1cc(C(F)(F)F)cc(Cl)n1. The lowest BCUT2D eigenvalue weighted by Gasteiger charge is -2.09. The quantitative estimate of drug-likeness (QED) is 0.546. The first-order chi connectivity index (χ1) is 7.93. The fourth-order valence-electron chi connectivity index (χ4n) is 1.58. The van der Waals surface area contributed by atoms with Crippen LogP contribution in [0.2, 0.25) is 5.15 Å². The van der Waals surface area contributed by atoms with Crippen molar-refractivity contribution in [2.45, 2.75) is 45.2 Å². The zero-order valence-electron chi connectivity index (χ0n) is 9.65. The molecular weight excluding hydrogens is 251 g/mol. The summed E-state index contributed by atoms with van der Waals surface area (Å²) in [6, 6.07) is 1.94. The van der Waals surface area contributed by atoms with E-state index >= 15 is 0 Å². The molecule has 0 unspecified atom stereocenters. The van der Waals surface area contributed by atoms with Crippen LogP contribution < -0.4 is 0 Å². The van der Waals surface area contributed by atoms with Crippen LogP contribution in [0.1, 0.15) is 43.9 Å². The van der Waals surface area contributed by atoms with Gasteiger partial charge in [-0.1, -0.05) is 37.8 Å². The Morgan fingerprint density at radius 1 is 1.18 bits per heavy atom. The number of aromatic nitrogens is 1. The van der Waals surface area contributed by atoms with Crippen LogP contribution in [0.3, 0.4) is 0 Å². The molecule has 5 heteroatoms. The molecule has 1 heterocycles. The Hall–Kier alpha value is -0.770. The second-order valence-corrected chi connectivity index (χ2v) is 4.37. The van der Waals surface area contributed by atoms with E-state index in [1.54, 1.807) is 0 Å². The zero-order valence-corrected chi connectivity index (χ0v) is 10.4. The van der Waals surface area contributed by atoms with Crippen LogP contribution in [0, 0.1) is 0 Å². The molecule has 17 heavy (non-hydrogen) atoms. The van der Waals surface area contributed by atoms with Gasteiger partial charge >= 0.3 is 6.18 Å². The van der Waals surface area contributed by atoms with Crippen molar-refractivity contribution in [2.24, 2.45) is 0 Å². The lowest BCUT2D eigenvalue weighted by atomic mass is 10.1. The highest BCUT2D eigenvalue weighted by molar-refractivity contribution is 6.29. The number of aryl methyl sites for hydroxylation is 1. The molecular formula is C12H15ClF3N. The van der Waals surface area contributed by atoms with Gasteiger partial charge in [0.15, 0.2) is 0 Å². The number of alkyl halides is 3. The average molecular weight is 266 g/mol. The van der Waals surface area contributed by atoms with E-state index in [2.05, 4.69) is 11.9 Å². The molecule has 0 amide bonds. The predicted octanol–water partition coefficient (Wildman–Crippen LogP) is 4.88. The largest absolute Gasteiger partial charge is 0.416 e. The first-order valence-electron chi connectivity index (χ1n) is 5.67. The monoisotopic (exact) mass is 265 g/mol. The molecule has 0 spiro atoms. The first kappa shape index (κ1) is 14.3. The van der Waals surface area contributed by atoms with Crippen molar-refractivity contribution in [2.75, 3.05) is 0 Å². The summed E-state index contributed by atoms with van der Waals surface area (Å²) in [4.78, 5) is 3.91. The third kappa shape index (κ3) is 4.94. The maximum atomic E-state index is 12.5. The number of hydrogen-bond donors (Lipinski definition) is 0. The summed E-state index contributed by atoms with van der Waals surface area (Å²) in [5.41, 5.74) is -0.302. The molecule has 0 radical (unpaired) electrons. The van der Waals surface area contributed by atoms with Gasteiger partial charge in [-0.2, -0.15) is 13.2 Å². The average Bonchev–Trinajstić information content (AvgIpc) is 2.22. The van der Waals surface area contributed by atoms with Gasteiger partial charge < -0.3 is 0 Å². The highest BCUT2D eigenvalue weighted by Crippen LogP contribution is 2.31. The normalized spacial score (nSPS) is 11.8. The maximum absolute atomic E-state index is 12.5. The summed E-state index contributed by atoms with van der Waals surface area (Å²) < 4.78 is 37.5. The minimum absolute atomic E-state index is 0.0923. The van der Waals surface area contributed by atoms with E-state index in [1.807, 2.05) is 0 Å². The Balaban J connectivity index is 2.69. The van der Waals surface area contributed by atoms with Crippen molar-refractivity contribution < 1.29 is 13.2 Å². The van der Waals surface area contributed by atoms with Gasteiger partial charge in [-0.15, -0.1) is 0 Å². The van der Waals surface area contributed by atoms with Gasteiger partial charge in [-0.05, 0) is 25.0 Å². The van der Waals surface area contributed by atoms with Crippen LogP contribution in [-0.2, 0) is 12.6 Å². The van der Waals surface area contributed by atoms with Crippen molar-refractivity contribution >= 4 is 11.6 Å². The number of unbranched alkanes of at least 4 members (excludes halogenated alkanes) is 3. The Morgan fingerprint density at radius 2 is 1.88 bits per heavy atom. The van der Waals surface area contributed by atoms with Gasteiger partial charge in [0.25, 0.3) is 0 Å². The molecule has 1 nitrogen and oxygen atoms in total. The van der Waals surface area contributed by atoms with E-state index in [0.29, 0.717) is 12.1 Å². The van der Waals surface area contributed by atoms with Gasteiger partial charge in [-0.3, -0.25) is 0 Å². The molecule has 0 bridgehead atoms. The fraction of sp³-hybridized carbons (Fsp3) is 0.583. The van der Waals surface area contributed by atoms with Gasteiger partial charge in [0.1, 0.15) is 5.15 Å². The Labute approximate surface area is 104 Å². The molecule has 96 valence electrons. The Bertz CT molecular complexity index is 363. The van der Waals surface area contributed by atoms with E-state index < -0.39 is 11.7 Å². The first-order valence-corrected chi connectivity index (χ1v) is 6.05. The molecule has 0 atom stereocenters. The van der Waals surface area contributed by atoms with E-state index in [0.717, 1.165) is 37.8 Å². The zero-order chi connectivity index (χ0) is 12.9. The summed E-state index contributed by atoms with van der Waals surface area (Å²) in [6.07, 6.45) is 0.225. The van der Waals surface area contributed by atoms with Crippen LogP contribution in [-0.4, -0.2) is 4.98 Å². The maximum Gasteiger partial charge on any atom is 0.416 e. The number of nitrogens with zero attached hydrogens (tertiary/aromatic N) is 1. The van der Waals surface area contributed by atoms with Crippen LogP contribution in [0.4, 0.5) is 13.2 Å². The highest BCUT2D eigenvalue weighted by atomic mass is 35.5. The van der Waals surface area contributed by atoms with Crippen molar-refractivity contribution in [1.82, 2.24) is 4.98 Å². The summed E-state index contributed by atoms with van der Waals surface area (Å²) in [7, 11) is 0. The minimum Gasteiger partial charge on any atom is -0.241 e. The molecule has 0 aliphatic carbocycles. The second-order valence-electron chi connectivity index (χ2n) is 3.98. The fourth-order valence-corrected chi connectivity index (χ4v) is 1.80. The Kier molecular flexibility index (Phi) is 5.25. The standard InChI is InChI=1S/C12H15ClF3N/c1-2-3-4-5-6-10-7-9(12(14,15)16)8-11(13)17-10/h7-8H,2-6H2,1H3. The summed E-state index contributed by atoms with van der Waals surface area (Å²) in [5, 5.41) is -0.0923. The van der Waals surface area contributed by atoms with Gasteiger partial charge in [0.05, 0.1) is 5.56 Å². The molecule has 0 fully saturated rings. The topological polar surface area (TPSA) is 12.9 Å². The highest BCUT2D eigenvalue weighted by Gasteiger charge is 2.31. The molecule has 0 aliphatic heterocycles. The summed E-state index contributed by atoms with van der Waals surface area (Å²) in [6.45, 7) is 2.08. The Morgan fingerprint density at radius 3 is 2.47 bits per heavy atom. The molecule has 0 saturated carbocycles. The number of rotatable bonds is 5. The molecule has 0 aromatic carbocycles. The van der Waals surface area contributed by atoms with Gasteiger partial charge in [0, 0.05) is 5.69 Å². The van der Waals surface area contributed by atoms with Crippen molar-refractivity contribution in [3.63, 3.8) is 0 Å². The third-order valence-corrected chi connectivity index (χ3v) is 2.65. The van der Waals surface area contributed by atoms with Crippen LogP contribution in [0.15, 0.2) is 12.1 Å². The number of halogens is 4. The summed E-state index contributed by atoms with van der Waals surface area (Å²) in [5.74, 6) is 0. The minimum atomic E-state index is -4.36. The number of pyridine rings is 1. The molecule has 1 aromatic heterocycles. The van der Waals surface area contributed by atoms with Crippen LogP contribution >= 0.6 is 11.6 Å². The summed E-state index contributed by atoms with van der Waals surface area (Å²) >= 11 is 5.59. The lowest BCUT2D eigenvalue weighted by molar-refractivity contribution is -0.137. The molecule has 1 rings (SSSR count). The van der Waals surface area contributed by atoms with E-state index in [9.17, 15) is 13.2 Å². The molecule has 0 aliphatic rings. The van der Waals surface area contributed by atoms with E-state index in [-0.39, 0.29) is 5.15 Å². The molecule has 1 aromatic rings. The van der Waals surface area contributed by atoms with Crippen molar-refractivity contribution in [1.29, 1.82) is 0 Å². The van der Waals surface area contributed by atoms with Crippen molar-refractivity contribution in [3.05, 3.63) is 28.5 Å². The third-order valence-electron chi connectivity index (χ3n) is 2.46. The van der Waals surface area contributed by atoms with E-state index in [4.69, 9.17) is 11.6 Å². The molecule has 0 saturated heterocycles. The second kappa shape index (κ2) is 6.24. The number of hydrogen-bond acceptors (Lipinski definition) is 1. The van der Waals surface area contributed by atoms with E-state index in [1.165, 1.54) is 0 Å². The van der Waals surface area contributed by atoms with Gasteiger partial charge in [0.2, 0.25) is 0 Å². The lowest BCUT2D eigenvalue weighted by Crippen LogP contribution is -2.07. The smallest absolute Gasteiger partial charge is 0.241 e. The molecule has 0 N–H and O–H groups in total. The van der Waals surface area contributed by atoms with Crippen LogP contribution in [0.5, 0.6) is 0 Å². The predicted molar refractivity (Wildman–Crippen MR) is 62.1 cm³/mol. The van der Waals surface area contributed by atoms with Gasteiger partial charge in [-0.25, -0.2) is 4.98 Å². The van der Waals surface area contributed by atoms with Crippen molar-refractivity contribution in [3.8, 4) is 0 Å². The van der Waals surface area contributed by atoms with Crippen LogP contribution in [0.25, 0.3) is 0 Å².